The highest BCUT2D eigenvalue weighted by Gasteiger charge is 2.25. The van der Waals surface area contributed by atoms with E-state index >= 15 is 0 Å². The van der Waals surface area contributed by atoms with Crippen molar-refractivity contribution in [3.8, 4) is 22.8 Å². The highest BCUT2D eigenvalue weighted by molar-refractivity contribution is 7.18. The number of nitrogens with one attached hydrogen (secondary N) is 1. The Hall–Kier alpha value is -3.77. The number of ether oxygens (including phenoxy) is 1. The average molecular weight is 459 g/mol. The standard InChI is InChI=1S/C18H15ClN8O3S/c1-9(12-6-7-13(19)31-12)21-23-18(28)14-15(10-4-3-5-11(8-10)29-2)27(26-22-14)17-16(20)24-30-25-17/h3-8H,1-2H3,(H2,20,24)(H,23,28). The number of hydrazone groups is 1. The predicted octanol–water partition coefficient (Wildman–Crippen LogP) is 2.78. The smallest absolute Gasteiger partial charge is 0.294 e. The van der Waals surface area contributed by atoms with Gasteiger partial charge in [-0.15, -0.1) is 16.4 Å². The van der Waals surface area contributed by atoms with Gasteiger partial charge >= 0.3 is 0 Å². The number of aromatic nitrogens is 5. The fraction of sp³-hybridized carbons (Fsp3) is 0.111. The number of nitrogens with zero attached hydrogens (tertiary/aromatic N) is 6. The van der Waals surface area contributed by atoms with Crippen LogP contribution in [0.2, 0.25) is 4.34 Å². The molecule has 1 amide bonds. The molecule has 0 unspecified atom stereocenters. The van der Waals surface area contributed by atoms with Crippen LogP contribution in [0.4, 0.5) is 5.82 Å². The van der Waals surface area contributed by atoms with Crippen molar-refractivity contribution in [2.24, 2.45) is 5.10 Å². The van der Waals surface area contributed by atoms with Crippen LogP contribution in [0.3, 0.4) is 0 Å². The molecule has 4 aromatic rings. The summed E-state index contributed by atoms with van der Waals surface area (Å²) in [7, 11) is 1.54. The van der Waals surface area contributed by atoms with E-state index in [1.54, 1.807) is 37.3 Å². The summed E-state index contributed by atoms with van der Waals surface area (Å²) in [4.78, 5) is 13.7. The Balaban J connectivity index is 1.74. The minimum Gasteiger partial charge on any atom is -0.497 e. The van der Waals surface area contributed by atoms with Crippen LogP contribution in [0, 0.1) is 0 Å². The number of nitrogens with two attached hydrogens (primary N) is 1. The third kappa shape index (κ3) is 4.11. The number of carbonyl (C=O) groups excluding carboxylic acids is 1. The first-order valence-corrected chi connectivity index (χ1v) is 9.96. The summed E-state index contributed by atoms with van der Waals surface area (Å²) in [6.45, 7) is 1.75. The number of nitrogen functional groups attached to an aromatic ring is 1. The number of thiophene rings is 1. The number of hydrogen-bond acceptors (Lipinski definition) is 10. The minimum atomic E-state index is -0.582. The number of hydrogen-bond donors (Lipinski definition) is 2. The molecule has 158 valence electrons. The molecule has 0 atom stereocenters. The van der Waals surface area contributed by atoms with E-state index in [4.69, 9.17) is 22.1 Å². The largest absolute Gasteiger partial charge is 0.497 e. The highest BCUT2D eigenvalue weighted by Crippen LogP contribution is 2.29. The second-order valence-corrected chi connectivity index (χ2v) is 7.86. The van der Waals surface area contributed by atoms with Gasteiger partial charge in [-0.2, -0.15) is 9.78 Å². The number of rotatable bonds is 6. The number of methoxy groups -OCH3 is 1. The lowest BCUT2D eigenvalue weighted by atomic mass is 10.1. The van der Waals surface area contributed by atoms with Crippen molar-refractivity contribution >= 4 is 40.4 Å². The fourth-order valence-corrected chi connectivity index (χ4v) is 3.69. The zero-order valence-electron chi connectivity index (χ0n) is 16.2. The molecule has 4 rings (SSSR count). The van der Waals surface area contributed by atoms with Gasteiger partial charge in [0, 0.05) is 5.56 Å². The molecule has 3 aromatic heterocycles. The van der Waals surface area contributed by atoms with Gasteiger partial charge in [0.25, 0.3) is 5.91 Å². The third-order valence-electron chi connectivity index (χ3n) is 4.18. The summed E-state index contributed by atoms with van der Waals surface area (Å²) in [5, 5.41) is 19.5. The van der Waals surface area contributed by atoms with E-state index in [2.05, 4.69) is 35.8 Å². The van der Waals surface area contributed by atoms with E-state index in [-0.39, 0.29) is 17.3 Å². The molecule has 0 saturated heterocycles. The number of amides is 1. The molecular weight excluding hydrogens is 444 g/mol. The second kappa shape index (κ2) is 8.53. The lowest BCUT2D eigenvalue weighted by Crippen LogP contribution is -2.20. The molecule has 11 nitrogen and oxygen atoms in total. The van der Waals surface area contributed by atoms with E-state index in [9.17, 15) is 4.79 Å². The van der Waals surface area contributed by atoms with Crippen molar-refractivity contribution in [1.29, 1.82) is 0 Å². The SMILES string of the molecule is COc1cccc(-c2c(C(=O)NN=C(C)c3ccc(Cl)s3)nnn2-c2nonc2N)c1. The summed E-state index contributed by atoms with van der Waals surface area (Å²) in [6.07, 6.45) is 0. The Morgan fingerprint density at radius 3 is 2.84 bits per heavy atom. The molecule has 0 saturated carbocycles. The number of benzene rings is 1. The summed E-state index contributed by atoms with van der Waals surface area (Å²) < 4.78 is 11.8. The average Bonchev–Trinajstić information content (AvgIpc) is 3.51. The van der Waals surface area contributed by atoms with Gasteiger partial charge in [0.1, 0.15) is 11.4 Å². The molecule has 0 aliphatic heterocycles. The Morgan fingerprint density at radius 1 is 1.32 bits per heavy atom. The maximum atomic E-state index is 12.9. The van der Waals surface area contributed by atoms with Crippen LogP contribution in [-0.4, -0.2) is 44.0 Å². The fourth-order valence-electron chi connectivity index (χ4n) is 2.70. The molecule has 1 aromatic carbocycles. The Kier molecular flexibility index (Phi) is 5.64. The normalized spacial score (nSPS) is 11.5. The molecule has 0 spiro atoms. The van der Waals surface area contributed by atoms with Gasteiger partial charge in [-0.3, -0.25) is 4.79 Å². The van der Waals surface area contributed by atoms with E-state index < -0.39 is 5.91 Å². The first-order valence-electron chi connectivity index (χ1n) is 8.76. The third-order valence-corrected chi connectivity index (χ3v) is 5.52. The molecule has 0 aliphatic carbocycles. The van der Waals surface area contributed by atoms with Crippen molar-refractivity contribution in [2.45, 2.75) is 6.92 Å². The zero-order valence-corrected chi connectivity index (χ0v) is 17.8. The Morgan fingerprint density at radius 2 is 2.16 bits per heavy atom. The van der Waals surface area contributed by atoms with E-state index in [0.29, 0.717) is 27.1 Å². The summed E-state index contributed by atoms with van der Waals surface area (Å²) >= 11 is 7.31. The highest BCUT2D eigenvalue weighted by atomic mass is 35.5. The van der Waals surface area contributed by atoms with Crippen LogP contribution in [0.25, 0.3) is 17.1 Å². The number of anilines is 1. The Bertz CT molecular complexity index is 1280. The van der Waals surface area contributed by atoms with Crippen molar-refractivity contribution < 1.29 is 14.2 Å². The summed E-state index contributed by atoms with van der Waals surface area (Å²) in [5.41, 5.74) is 9.79. The number of carbonyl (C=O) groups is 1. The van der Waals surface area contributed by atoms with Crippen LogP contribution >= 0.6 is 22.9 Å². The van der Waals surface area contributed by atoms with Gasteiger partial charge in [0.05, 0.1) is 22.0 Å². The maximum Gasteiger partial charge on any atom is 0.294 e. The van der Waals surface area contributed by atoms with Gasteiger partial charge in [-0.25, -0.2) is 10.1 Å². The van der Waals surface area contributed by atoms with Crippen LogP contribution < -0.4 is 15.9 Å². The topological polar surface area (TPSA) is 146 Å². The summed E-state index contributed by atoms with van der Waals surface area (Å²) in [6, 6.07) is 10.6. The lowest BCUT2D eigenvalue weighted by molar-refractivity contribution is 0.0950. The zero-order chi connectivity index (χ0) is 22.0. The summed E-state index contributed by atoms with van der Waals surface area (Å²) in [5.74, 6) is 0.0779. The molecule has 3 heterocycles. The van der Waals surface area contributed by atoms with Crippen LogP contribution in [0.1, 0.15) is 22.3 Å². The molecule has 0 bridgehead atoms. The molecular formula is C18H15ClN8O3S. The van der Waals surface area contributed by atoms with Crippen molar-refractivity contribution in [3.63, 3.8) is 0 Å². The van der Waals surface area contributed by atoms with Crippen molar-refractivity contribution in [3.05, 3.63) is 51.3 Å². The molecule has 0 fully saturated rings. The molecule has 31 heavy (non-hydrogen) atoms. The quantitative estimate of drug-likeness (QED) is 0.331. The van der Waals surface area contributed by atoms with Crippen molar-refractivity contribution in [2.75, 3.05) is 12.8 Å². The lowest BCUT2D eigenvalue weighted by Gasteiger charge is -2.07. The van der Waals surface area contributed by atoms with Crippen molar-refractivity contribution in [1.82, 2.24) is 30.7 Å². The first-order chi connectivity index (χ1) is 15.0. The molecule has 13 heteroatoms. The van der Waals surface area contributed by atoms with Crippen LogP contribution in [0.15, 0.2) is 46.1 Å². The number of halogens is 1. The predicted molar refractivity (Wildman–Crippen MR) is 115 cm³/mol. The molecule has 3 N–H and O–H groups in total. The second-order valence-electron chi connectivity index (χ2n) is 6.15. The Labute approximate surface area is 184 Å². The van der Waals surface area contributed by atoms with Gasteiger partial charge < -0.3 is 10.5 Å². The van der Waals surface area contributed by atoms with Gasteiger partial charge in [0.15, 0.2) is 5.69 Å². The monoisotopic (exact) mass is 458 g/mol. The van der Waals surface area contributed by atoms with Crippen LogP contribution in [-0.2, 0) is 0 Å². The first kappa shape index (κ1) is 20.5. The van der Waals surface area contributed by atoms with E-state index in [1.165, 1.54) is 23.1 Å². The molecule has 0 radical (unpaired) electrons. The van der Waals surface area contributed by atoms with E-state index in [1.807, 2.05) is 6.07 Å². The van der Waals surface area contributed by atoms with Gasteiger partial charge in [0.2, 0.25) is 11.6 Å². The van der Waals surface area contributed by atoms with Gasteiger partial charge in [-0.1, -0.05) is 28.9 Å². The molecule has 0 aliphatic rings. The maximum absolute atomic E-state index is 12.9. The van der Waals surface area contributed by atoms with E-state index in [0.717, 1.165) is 4.88 Å². The van der Waals surface area contributed by atoms with Gasteiger partial charge in [-0.05, 0) is 41.5 Å². The minimum absolute atomic E-state index is 0.00332. The van der Waals surface area contributed by atoms with Crippen LogP contribution in [0.5, 0.6) is 5.75 Å².